The Kier molecular flexibility index (Phi) is 4.66. The van der Waals surface area contributed by atoms with Gasteiger partial charge in [-0.15, -0.1) is 0 Å². The molecule has 1 amide bonds. The zero-order valence-electron chi connectivity index (χ0n) is 11.6. The van der Waals surface area contributed by atoms with Crippen LogP contribution in [0.3, 0.4) is 0 Å². The van der Waals surface area contributed by atoms with Crippen molar-refractivity contribution < 1.29 is 9.72 Å². The molecule has 0 spiro atoms. The van der Waals surface area contributed by atoms with Gasteiger partial charge in [-0.25, -0.2) is 0 Å². The van der Waals surface area contributed by atoms with Gasteiger partial charge < -0.3 is 5.32 Å². The molecule has 0 aromatic heterocycles. The van der Waals surface area contributed by atoms with Crippen LogP contribution < -0.4 is 5.32 Å². The second-order valence-corrected chi connectivity index (χ2v) is 4.73. The van der Waals surface area contributed by atoms with E-state index >= 15 is 0 Å². The third kappa shape index (κ3) is 3.66. The summed E-state index contributed by atoms with van der Waals surface area (Å²) >= 11 is 0. The highest BCUT2D eigenvalue weighted by Gasteiger charge is 2.34. The maximum atomic E-state index is 11.6. The highest BCUT2D eigenvalue weighted by molar-refractivity contribution is 5.73. The highest BCUT2D eigenvalue weighted by atomic mass is 16.6. The molecule has 2 unspecified atom stereocenters. The van der Waals surface area contributed by atoms with Crippen molar-refractivity contribution in [1.82, 2.24) is 5.32 Å². The zero-order chi connectivity index (χ0) is 15.2. The van der Waals surface area contributed by atoms with Gasteiger partial charge in [0.15, 0.2) is 0 Å². The van der Waals surface area contributed by atoms with Crippen molar-refractivity contribution in [2.24, 2.45) is 0 Å². The molecule has 0 bridgehead atoms. The molecule has 2 aromatic carbocycles. The van der Waals surface area contributed by atoms with Crippen LogP contribution in [-0.2, 0) is 4.79 Å². The van der Waals surface area contributed by atoms with Gasteiger partial charge in [0.25, 0.3) is 6.04 Å². The van der Waals surface area contributed by atoms with Gasteiger partial charge in [0.1, 0.15) is 6.04 Å². The summed E-state index contributed by atoms with van der Waals surface area (Å²) in [4.78, 5) is 22.6. The fourth-order valence-electron chi connectivity index (χ4n) is 2.31. The van der Waals surface area contributed by atoms with Gasteiger partial charge in [0.05, 0.1) is 0 Å². The average Bonchev–Trinajstić information content (AvgIpc) is 2.48. The summed E-state index contributed by atoms with van der Waals surface area (Å²) in [5, 5.41) is 14.2. The van der Waals surface area contributed by atoms with Crippen molar-refractivity contribution >= 4 is 5.91 Å². The average molecular weight is 284 g/mol. The van der Waals surface area contributed by atoms with Crippen LogP contribution in [0.5, 0.6) is 0 Å². The molecule has 21 heavy (non-hydrogen) atoms. The summed E-state index contributed by atoms with van der Waals surface area (Å²) in [6.07, 6.45) is 0. The maximum absolute atomic E-state index is 11.6. The van der Waals surface area contributed by atoms with Crippen LogP contribution in [0.25, 0.3) is 0 Å². The number of nitrogens with zero attached hydrogens (tertiary/aromatic N) is 1. The summed E-state index contributed by atoms with van der Waals surface area (Å²) in [7, 11) is 0. The number of nitro groups is 1. The number of hydrogen-bond acceptors (Lipinski definition) is 3. The van der Waals surface area contributed by atoms with Gasteiger partial charge in [-0.1, -0.05) is 60.7 Å². The summed E-state index contributed by atoms with van der Waals surface area (Å²) in [6, 6.07) is 15.9. The monoisotopic (exact) mass is 284 g/mol. The van der Waals surface area contributed by atoms with Crippen molar-refractivity contribution in [3.63, 3.8) is 0 Å². The molecule has 5 heteroatoms. The summed E-state index contributed by atoms with van der Waals surface area (Å²) in [6.45, 7) is 1.36. The Balaban J connectivity index is 2.46. The first-order valence-corrected chi connectivity index (χ1v) is 6.60. The first-order valence-electron chi connectivity index (χ1n) is 6.60. The normalized spacial score (nSPS) is 13.2. The van der Waals surface area contributed by atoms with Gasteiger partial charge in [0.2, 0.25) is 5.91 Å². The van der Waals surface area contributed by atoms with Crippen molar-refractivity contribution in [3.05, 3.63) is 81.9 Å². The number of benzene rings is 2. The lowest BCUT2D eigenvalue weighted by molar-refractivity contribution is -0.534. The van der Waals surface area contributed by atoms with Gasteiger partial charge in [0, 0.05) is 17.4 Å². The van der Waals surface area contributed by atoms with Crippen molar-refractivity contribution in [2.45, 2.75) is 19.0 Å². The fourth-order valence-corrected chi connectivity index (χ4v) is 2.31. The Hall–Kier alpha value is -2.69. The highest BCUT2D eigenvalue weighted by Crippen LogP contribution is 2.31. The molecule has 2 rings (SSSR count). The standard InChI is InChI=1S/C16H16N2O3/c1-12(19)17-15(13-8-4-2-5-9-13)16(18(20)21)14-10-6-3-7-11-14/h2-11,15-16H,1H3,(H,17,19). The number of carbonyl (C=O) groups excluding carboxylic acids is 1. The Bertz CT molecular complexity index is 614. The van der Waals surface area contributed by atoms with Crippen LogP contribution in [-0.4, -0.2) is 10.8 Å². The smallest absolute Gasteiger partial charge is 0.262 e. The molecular weight excluding hydrogens is 268 g/mol. The minimum atomic E-state index is -1.03. The quantitative estimate of drug-likeness (QED) is 0.677. The molecule has 0 fully saturated rings. The van der Waals surface area contributed by atoms with E-state index < -0.39 is 12.1 Å². The fraction of sp³-hybridized carbons (Fsp3) is 0.188. The Morgan fingerprint density at radius 2 is 1.48 bits per heavy atom. The largest absolute Gasteiger partial charge is 0.343 e. The Labute approximate surface area is 122 Å². The molecule has 2 aromatic rings. The molecule has 0 heterocycles. The first-order chi connectivity index (χ1) is 10.1. The van der Waals surface area contributed by atoms with E-state index in [0.717, 1.165) is 0 Å². The lowest BCUT2D eigenvalue weighted by Gasteiger charge is -2.22. The predicted molar refractivity (Wildman–Crippen MR) is 79.2 cm³/mol. The number of carbonyl (C=O) groups is 1. The van der Waals surface area contributed by atoms with Crippen LogP contribution in [0.4, 0.5) is 0 Å². The molecule has 108 valence electrons. The van der Waals surface area contributed by atoms with E-state index in [1.54, 1.807) is 54.6 Å². The summed E-state index contributed by atoms with van der Waals surface area (Å²) in [5.41, 5.74) is 1.27. The summed E-state index contributed by atoms with van der Waals surface area (Å²) < 4.78 is 0. The van der Waals surface area contributed by atoms with Crippen molar-refractivity contribution in [2.75, 3.05) is 0 Å². The molecule has 2 atom stereocenters. The summed E-state index contributed by atoms with van der Waals surface area (Å²) in [5.74, 6) is -0.299. The van der Waals surface area contributed by atoms with E-state index in [9.17, 15) is 14.9 Å². The topological polar surface area (TPSA) is 72.2 Å². The minimum Gasteiger partial charge on any atom is -0.343 e. The molecule has 0 saturated carbocycles. The van der Waals surface area contributed by atoms with Crippen LogP contribution >= 0.6 is 0 Å². The maximum Gasteiger partial charge on any atom is 0.262 e. The lowest BCUT2D eigenvalue weighted by Crippen LogP contribution is -2.34. The molecule has 0 saturated heterocycles. The molecular formula is C16H16N2O3. The van der Waals surface area contributed by atoms with E-state index in [-0.39, 0.29) is 10.8 Å². The van der Waals surface area contributed by atoms with E-state index in [1.807, 2.05) is 6.07 Å². The second-order valence-electron chi connectivity index (χ2n) is 4.73. The molecule has 0 aliphatic heterocycles. The van der Waals surface area contributed by atoms with E-state index in [0.29, 0.717) is 11.1 Å². The van der Waals surface area contributed by atoms with E-state index in [4.69, 9.17) is 0 Å². The third-order valence-corrected chi connectivity index (χ3v) is 3.20. The zero-order valence-corrected chi connectivity index (χ0v) is 11.6. The number of hydrogen-bond donors (Lipinski definition) is 1. The molecule has 0 radical (unpaired) electrons. The molecule has 5 nitrogen and oxygen atoms in total. The van der Waals surface area contributed by atoms with E-state index in [2.05, 4.69) is 5.32 Å². The molecule has 0 aliphatic rings. The van der Waals surface area contributed by atoms with Crippen LogP contribution in [0.1, 0.15) is 30.1 Å². The lowest BCUT2D eigenvalue weighted by atomic mass is 9.94. The van der Waals surface area contributed by atoms with Gasteiger partial charge in [-0.05, 0) is 5.56 Å². The van der Waals surface area contributed by atoms with Crippen LogP contribution in [0, 0.1) is 10.1 Å². The first kappa shape index (κ1) is 14.7. The minimum absolute atomic E-state index is 0.299. The van der Waals surface area contributed by atoms with Crippen molar-refractivity contribution in [3.8, 4) is 0 Å². The number of rotatable bonds is 5. The van der Waals surface area contributed by atoms with Crippen molar-refractivity contribution in [1.29, 1.82) is 0 Å². The molecule has 1 N–H and O–H groups in total. The number of amides is 1. The van der Waals surface area contributed by atoms with Gasteiger partial charge in [-0.2, -0.15) is 0 Å². The number of nitrogens with one attached hydrogen (secondary N) is 1. The van der Waals surface area contributed by atoms with Crippen LogP contribution in [0.15, 0.2) is 60.7 Å². The predicted octanol–water partition coefficient (Wildman–Crippen LogP) is 2.88. The van der Waals surface area contributed by atoms with Gasteiger partial charge >= 0.3 is 0 Å². The Morgan fingerprint density at radius 1 is 1.00 bits per heavy atom. The SMILES string of the molecule is CC(=O)NC(c1ccccc1)C(c1ccccc1)[N+](=O)[O-]. The molecule has 0 aliphatic carbocycles. The van der Waals surface area contributed by atoms with E-state index in [1.165, 1.54) is 6.92 Å². The second kappa shape index (κ2) is 6.65. The van der Waals surface area contributed by atoms with Gasteiger partial charge in [-0.3, -0.25) is 14.9 Å². The van der Waals surface area contributed by atoms with Crippen LogP contribution in [0.2, 0.25) is 0 Å². The third-order valence-electron chi connectivity index (χ3n) is 3.20. The Morgan fingerprint density at radius 3 is 1.90 bits per heavy atom.